The molecule has 0 aromatic heterocycles. The van der Waals surface area contributed by atoms with Crippen molar-refractivity contribution >= 4 is 0 Å². The fourth-order valence-corrected chi connectivity index (χ4v) is 2.49. The highest BCUT2D eigenvalue weighted by molar-refractivity contribution is 5.22. The molecule has 0 saturated heterocycles. The van der Waals surface area contributed by atoms with Gasteiger partial charge in [-0.05, 0) is 35.8 Å². The smallest absolute Gasteiger partial charge is 0.0205 e. The molecule has 0 atom stereocenters. The van der Waals surface area contributed by atoms with E-state index in [1.807, 2.05) is 0 Å². The first kappa shape index (κ1) is 12.6. The zero-order chi connectivity index (χ0) is 12.1. The maximum absolute atomic E-state index is 5.58. The van der Waals surface area contributed by atoms with Gasteiger partial charge in [0.1, 0.15) is 0 Å². The summed E-state index contributed by atoms with van der Waals surface area (Å²) in [6.07, 6.45) is 5.53. The van der Waals surface area contributed by atoms with Crippen molar-refractivity contribution in [2.24, 2.45) is 11.1 Å². The number of rotatable bonds is 7. The van der Waals surface area contributed by atoms with E-state index in [-0.39, 0.29) is 0 Å². The Morgan fingerprint density at radius 2 is 1.82 bits per heavy atom. The summed E-state index contributed by atoms with van der Waals surface area (Å²) in [4.78, 5) is 0. The molecule has 94 valence electrons. The van der Waals surface area contributed by atoms with Crippen LogP contribution in [-0.2, 0) is 13.1 Å². The van der Waals surface area contributed by atoms with Gasteiger partial charge in [-0.25, -0.2) is 0 Å². The largest absolute Gasteiger partial charge is 0.326 e. The molecule has 0 spiro atoms. The number of hydrogen-bond donors (Lipinski definition) is 2. The van der Waals surface area contributed by atoms with E-state index in [2.05, 4.69) is 36.5 Å². The third-order valence-corrected chi connectivity index (χ3v) is 3.83. The van der Waals surface area contributed by atoms with Gasteiger partial charge in [0.25, 0.3) is 0 Å². The lowest BCUT2D eigenvalue weighted by atomic mass is 10.0. The molecule has 0 radical (unpaired) electrons. The van der Waals surface area contributed by atoms with Crippen molar-refractivity contribution in [3.8, 4) is 0 Å². The van der Waals surface area contributed by atoms with Gasteiger partial charge in [-0.1, -0.05) is 37.6 Å². The van der Waals surface area contributed by atoms with Crippen LogP contribution in [0.1, 0.15) is 43.7 Å². The van der Waals surface area contributed by atoms with Gasteiger partial charge in [-0.3, -0.25) is 0 Å². The fraction of sp³-hybridized carbons (Fsp3) is 0.600. The first-order chi connectivity index (χ1) is 8.28. The van der Waals surface area contributed by atoms with Crippen molar-refractivity contribution in [1.82, 2.24) is 5.32 Å². The SMILES string of the molecule is CCCC1(CNCc2ccc(CN)cc2)CC1. The van der Waals surface area contributed by atoms with E-state index in [9.17, 15) is 0 Å². The van der Waals surface area contributed by atoms with E-state index in [0.29, 0.717) is 12.0 Å². The van der Waals surface area contributed by atoms with Gasteiger partial charge in [0.2, 0.25) is 0 Å². The molecule has 1 aliphatic rings. The van der Waals surface area contributed by atoms with Crippen LogP contribution >= 0.6 is 0 Å². The van der Waals surface area contributed by atoms with Crippen LogP contribution in [0.3, 0.4) is 0 Å². The first-order valence-corrected chi connectivity index (χ1v) is 6.77. The highest BCUT2D eigenvalue weighted by Crippen LogP contribution is 2.48. The van der Waals surface area contributed by atoms with E-state index in [4.69, 9.17) is 5.73 Å². The minimum atomic E-state index is 0.632. The van der Waals surface area contributed by atoms with Crippen LogP contribution in [0.25, 0.3) is 0 Å². The van der Waals surface area contributed by atoms with Gasteiger partial charge in [0, 0.05) is 19.6 Å². The van der Waals surface area contributed by atoms with Crippen molar-refractivity contribution in [3.05, 3.63) is 35.4 Å². The predicted octanol–water partition coefficient (Wildman–Crippen LogP) is 2.82. The van der Waals surface area contributed by atoms with E-state index < -0.39 is 0 Å². The normalized spacial score (nSPS) is 17.1. The molecular formula is C15H24N2. The quantitative estimate of drug-likeness (QED) is 0.758. The van der Waals surface area contributed by atoms with Gasteiger partial charge in [-0.2, -0.15) is 0 Å². The van der Waals surface area contributed by atoms with Crippen LogP contribution < -0.4 is 11.1 Å². The Kier molecular flexibility index (Phi) is 4.19. The molecule has 0 unspecified atom stereocenters. The maximum atomic E-state index is 5.58. The Labute approximate surface area is 105 Å². The third-order valence-electron chi connectivity index (χ3n) is 3.83. The minimum absolute atomic E-state index is 0.632. The Bertz CT molecular complexity index is 338. The molecule has 1 aliphatic carbocycles. The third kappa shape index (κ3) is 3.55. The van der Waals surface area contributed by atoms with Gasteiger partial charge >= 0.3 is 0 Å². The van der Waals surface area contributed by atoms with Crippen LogP contribution in [0.15, 0.2) is 24.3 Å². The molecule has 3 N–H and O–H groups in total. The molecule has 1 fully saturated rings. The zero-order valence-electron chi connectivity index (χ0n) is 10.8. The van der Waals surface area contributed by atoms with Gasteiger partial charge in [0.05, 0.1) is 0 Å². The summed E-state index contributed by atoms with van der Waals surface area (Å²) in [6, 6.07) is 8.59. The monoisotopic (exact) mass is 232 g/mol. The minimum Gasteiger partial charge on any atom is -0.326 e. The summed E-state index contributed by atoms with van der Waals surface area (Å²) in [7, 11) is 0. The average Bonchev–Trinajstić information content (AvgIpc) is 3.11. The Morgan fingerprint density at radius 1 is 1.18 bits per heavy atom. The molecule has 1 aromatic carbocycles. The first-order valence-electron chi connectivity index (χ1n) is 6.77. The molecule has 0 amide bonds. The molecule has 0 aliphatic heterocycles. The van der Waals surface area contributed by atoms with Crippen molar-refractivity contribution in [2.75, 3.05) is 6.54 Å². The van der Waals surface area contributed by atoms with Crippen LogP contribution in [0, 0.1) is 5.41 Å². The second kappa shape index (κ2) is 5.65. The second-order valence-electron chi connectivity index (χ2n) is 5.37. The molecular weight excluding hydrogens is 208 g/mol. The van der Waals surface area contributed by atoms with E-state index >= 15 is 0 Å². The van der Waals surface area contributed by atoms with Gasteiger partial charge < -0.3 is 11.1 Å². The average molecular weight is 232 g/mol. The van der Waals surface area contributed by atoms with Gasteiger partial charge in [-0.15, -0.1) is 0 Å². The topological polar surface area (TPSA) is 38.0 Å². The van der Waals surface area contributed by atoms with Gasteiger partial charge in [0.15, 0.2) is 0 Å². The second-order valence-corrected chi connectivity index (χ2v) is 5.37. The molecule has 2 rings (SSSR count). The summed E-state index contributed by atoms with van der Waals surface area (Å²) in [5, 5.41) is 3.60. The highest BCUT2D eigenvalue weighted by atomic mass is 14.9. The van der Waals surface area contributed by atoms with Crippen molar-refractivity contribution in [1.29, 1.82) is 0 Å². The molecule has 0 heterocycles. The fourth-order valence-electron chi connectivity index (χ4n) is 2.49. The number of nitrogens with two attached hydrogens (primary N) is 1. The molecule has 1 aromatic rings. The summed E-state index contributed by atoms with van der Waals surface area (Å²) < 4.78 is 0. The van der Waals surface area contributed by atoms with Crippen LogP contribution in [0.5, 0.6) is 0 Å². The lowest BCUT2D eigenvalue weighted by Crippen LogP contribution is -2.23. The summed E-state index contributed by atoms with van der Waals surface area (Å²) in [6.45, 7) is 5.08. The van der Waals surface area contributed by atoms with Crippen molar-refractivity contribution in [2.45, 2.75) is 45.7 Å². The Balaban J connectivity index is 1.74. The lowest BCUT2D eigenvalue weighted by Gasteiger charge is -2.15. The van der Waals surface area contributed by atoms with Crippen molar-refractivity contribution in [3.63, 3.8) is 0 Å². The molecule has 0 bridgehead atoms. The van der Waals surface area contributed by atoms with Crippen molar-refractivity contribution < 1.29 is 0 Å². The summed E-state index contributed by atoms with van der Waals surface area (Å²) in [5.74, 6) is 0. The summed E-state index contributed by atoms with van der Waals surface area (Å²) >= 11 is 0. The van der Waals surface area contributed by atoms with Crippen LogP contribution in [0.4, 0.5) is 0 Å². The van der Waals surface area contributed by atoms with E-state index in [1.54, 1.807) is 0 Å². The predicted molar refractivity (Wildman–Crippen MR) is 72.6 cm³/mol. The number of hydrogen-bond acceptors (Lipinski definition) is 2. The Morgan fingerprint density at radius 3 is 2.35 bits per heavy atom. The Hall–Kier alpha value is -0.860. The molecule has 1 saturated carbocycles. The zero-order valence-corrected chi connectivity index (χ0v) is 10.8. The molecule has 2 heteroatoms. The van der Waals surface area contributed by atoms with E-state index in [0.717, 1.165) is 6.54 Å². The van der Waals surface area contributed by atoms with E-state index in [1.165, 1.54) is 43.4 Å². The number of nitrogens with one attached hydrogen (secondary N) is 1. The number of benzene rings is 1. The molecule has 2 nitrogen and oxygen atoms in total. The van der Waals surface area contributed by atoms with Crippen LogP contribution in [-0.4, -0.2) is 6.54 Å². The highest BCUT2D eigenvalue weighted by Gasteiger charge is 2.40. The van der Waals surface area contributed by atoms with Crippen LogP contribution in [0.2, 0.25) is 0 Å². The standard InChI is InChI=1S/C15H24N2/c1-2-7-15(8-9-15)12-17-11-14-5-3-13(10-16)4-6-14/h3-6,17H,2,7-12,16H2,1H3. The summed E-state index contributed by atoms with van der Waals surface area (Å²) in [5.41, 5.74) is 8.79. The lowest BCUT2D eigenvalue weighted by molar-refractivity contribution is 0.421. The molecule has 17 heavy (non-hydrogen) atoms. The maximum Gasteiger partial charge on any atom is 0.0205 e.